The van der Waals surface area contributed by atoms with Crippen LogP contribution in [0.5, 0.6) is 0 Å². The highest BCUT2D eigenvalue weighted by atomic mass is 127. The SMILES string of the molecule is C/C(I)=C\COCc1ccccc1. The molecular weight excluding hydrogens is 275 g/mol. The zero-order chi connectivity index (χ0) is 9.52. The minimum Gasteiger partial charge on any atom is -0.373 e. The number of benzene rings is 1. The first-order chi connectivity index (χ1) is 6.29. The largest absolute Gasteiger partial charge is 0.373 e. The Labute approximate surface area is 92.9 Å². The van der Waals surface area contributed by atoms with E-state index in [1.165, 1.54) is 9.14 Å². The summed E-state index contributed by atoms with van der Waals surface area (Å²) < 4.78 is 6.72. The van der Waals surface area contributed by atoms with Crippen LogP contribution in [-0.4, -0.2) is 6.61 Å². The highest BCUT2D eigenvalue weighted by Crippen LogP contribution is 2.04. The lowest BCUT2D eigenvalue weighted by molar-refractivity contribution is 0.148. The van der Waals surface area contributed by atoms with E-state index in [1.54, 1.807) is 0 Å². The van der Waals surface area contributed by atoms with Gasteiger partial charge in [-0.3, -0.25) is 0 Å². The lowest BCUT2D eigenvalue weighted by Crippen LogP contribution is -1.92. The van der Waals surface area contributed by atoms with Gasteiger partial charge in [-0.15, -0.1) is 0 Å². The first kappa shape index (κ1) is 10.7. The molecule has 0 saturated heterocycles. The molecule has 0 aromatic heterocycles. The Balaban J connectivity index is 2.25. The van der Waals surface area contributed by atoms with E-state index in [1.807, 2.05) is 18.2 Å². The van der Waals surface area contributed by atoms with Crippen LogP contribution in [0.2, 0.25) is 0 Å². The molecule has 1 nitrogen and oxygen atoms in total. The number of hydrogen-bond donors (Lipinski definition) is 0. The average molecular weight is 288 g/mol. The van der Waals surface area contributed by atoms with Gasteiger partial charge in [-0.2, -0.15) is 0 Å². The molecule has 0 heterocycles. The van der Waals surface area contributed by atoms with Gasteiger partial charge in [-0.05, 0) is 44.7 Å². The van der Waals surface area contributed by atoms with Crippen molar-refractivity contribution in [3.63, 3.8) is 0 Å². The van der Waals surface area contributed by atoms with E-state index in [9.17, 15) is 0 Å². The van der Waals surface area contributed by atoms with Crippen LogP contribution in [-0.2, 0) is 11.3 Å². The molecule has 0 aliphatic carbocycles. The minimum absolute atomic E-state index is 0.696. The zero-order valence-corrected chi connectivity index (χ0v) is 9.82. The second-order valence-electron chi connectivity index (χ2n) is 2.79. The molecule has 0 spiro atoms. The summed E-state index contributed by atoms with van der Waals surface area (Å²) in [6, 6.07) is 10.2. The molecule has 70 valence electrons. The fourth-order valence-electron chi connectivity index (χ4n) is 0.925. The van der Waals surface area contributed by atoms with Crippen LogP contribution in [0.1, 0.15) is 12.5 Å². The maximum atomic E-state index is 5.45. The molecule has 0 radical (unpaired) electrons. The summed E-state index contributed by atoms with van der Waals surface area (Å²) in [5.74, 6) is 0. The van der Waals surface area contributed by atoms with E-state index in [4.69, 9.17) is 4.74 Å². The van der Waals surface area contributed by atoms with Crippen LogP contribution >= 0.6 is 22.6 Å². The van der Waals surface area contributed by atoms with Crippen molar-refractivity contribution in [3.05, 3.63) is 45.6 Å². The Kier molecular flexibility index (Phi) is 5.08. The zero-order valence-electron chi connectivity index (χ0n) is 7.66. The molecule has 0 fully saturated rings. The summed E-state index contributed by atoms with van der Waals surface area (Å²) in [4.78, 5) is 0. The van der Waals surface area contributed by atoms with Gasteiger partial charge in [-0.25, -0.2) is 0 Å². The molecular formula is C11H13IO. The van der Waals surface area contributed by atoms with Crippen molar-refractivity contribution in [2.24, 2.45) is 0 Å². The molecule has 0 bridgehead atoms. The van der Waals surface area contributed by atoms with Crippen molar-refractivity contribution in [1.29, 1.82) is 0 Å². The van der Waals surface area contributed by atoms with Crippen LogP contribution < -0.4 is 0 Å². The monoisotopic (exact) mass is 288 g/mol. The third-order valence-corrected chi connectivity index (χ3v) is 2.03. The average Bonchev–Trinajstić information content (AvgIpc) is 2.14. The van der Waals surface area contributed by atoms with Gasteiger partial charge in [0.2, 0.25) is 0 Å². The van der Waals surface area contributed by atoms with E-state index in [0.717, 1.165) is 0 Å². The number of rotatable bonds is 4. The third kappa shape index (κ3) is 5.05. The maximum Gasteiger partial charge on any atom is 0.0721 e. The molecule has 0 amide bonds. The summed E-state index contributed by atoms with van der Waals surface area (Å²) in [7, 11) is 0. The predicted molar refractivity (Wildman–Crippen MR) is 63.9 cm³/mol. The van der Waals surface area contributed by atoms with Crippen molar-refractivity contribution in [1.82, 2.24) is 0 Å². The van der Waals surface area contributed by atoms with Gasteiger partial charge in [-0.1, -0.05) is 30.3 Å². The van der Waals surface area contributed by atoms with E-state index >= 15 is 0 Å². The van der Waals surface area contributed by atoms with Gasteiger partial charge < -0.3 is 4.74 Å². The van der Waals surface area contributed by atoms with E-state index in [2.05, 4.69) is 47.7 Å². The molecule has 0 saturated carbocycles. The molecule has 0 aliphatic heterocycles. The second kappa shape index (κ2) is 6.16. The van der Waals surface area contributed by atoms with Gasteiger partial charge in [0.1, 0.15) is 0 Å². The van der Waals surface area contributed by atoms with E-state index < -0.39 is 0 Å². The Morgan fingerprint density at radius 1 is 1.38 bits per heavy atom. The standard InChI is InChI=1S/C11H13IO/c1-10(12)7-8-13-9-11-5-3-2-4-6-11/h2-7H,8-9H2,1H3/b10-7+. The summed E-state index contributed by atoms with van der Waals surface area (Å²) in [6.45, 7) is 3.46. The highest BCUT2D eigenvalue weighted by Gasteiger charge is 1.89. The molecule has 0 atom stereocenters. The van der Waals surface area contributed by atoms with Crippen molar-refractivity contribution in [2.75, 3.05) is 6.61 Å². The third-order valence-electron chi connectivity index (χ3n) is 1.59. The first-order valence-electron chi connectivity index (χ1n) is 4.23. The maximum absolute atomic E-state index is 5.45. The molecule has 1 aromatic carbocycles. The first-order valence-corrected chi connectivity index (χ1v) is 5.31. The van der Waals surface area contributed by atoms with Gasteiger partial charge in [0.25, 0.3) is 0 Å². The second-order valence-corrected chi connectivity index (χ2v) is 4.49. The molecule has 0 N–H and O–H groups in total. The van der Waals surface area contributed by atoms with Gasteiger partial charge >= 0.3 is 0 Å². The minimum atomic E-state index is 0.696. The van der Waals surface area contributed by atoms with Gasteiger partial charge in [0.05, 0.1) is 13.2 Å². The van der Waals surface area contributed by atoms with E-state index in [-0.39, 0.29) is 0 Å². The van der Waals surface area contributed by atoms with Crippen molar-refractivity contribution >= 4 is 22.6 Å². The predicted octanol–water partition coefficient (Wildman–Crippen LogP) is 3.54. The Morgan fingerprint density at radius 2 is 2.08 bits per heavy atom. The molecule has 13 heavy (non-hydrogen) atoms. The summed E-state index contributed by atoms with van der Waals surface area (Å²) in [5, 5.41) is 0. The van der Waals surface area contributed by atoms with Crippen molar-refractivity contribution < 1.29 is 4.74 Å². The molecule has 1 rings (SSSR count). The highest BCUT2D eigenvalue weighted by molar-refractivity contribution is 14.1. The molecule has 1 aromatic rings. The van der Waals surface area contributed by atoms with E-state index in [0.29, 0.717) is 13.2 Å². The number of hydrogen-bond acceptors (Lipinski definition) is 1. The smallest absolute Gasteiger partial charge is 0.0721 e. The lowest BCUT2D eigenvalue weighted by Gasteiger charge is -2.00. The van der Waals surface area contributed by atoms with Crippen LogP contribution in [0, 0.1) is 0 Å². The lowest BCUT2D eigenvalue weighted by atomic mass is 10.2. The van der Waals surface area contributed by atoms with Crippen LogP contribution in [0.25, 0.3) is 0 Å². The Morgan fingerprint density at radius 3 is 2.69 bits per heavy atom. The quantitative estimate of drug-likeness (QED) is 0.608. The number of allylic oxidation sites excluding steroid dienone is 1. The summed E-state index contributed by atoms with van der Waals surface area (Å²) in [5.41, 5.74) is 1.22. The summed E-state index contributed by atoms with van der Waals surface area (Å²) in [6.07, 6.45) is 2.07. The fourth-order valence-corrected chi connectivity index (χ4v) is 1.10. The Hall–Kier alpha value is -0.350. The number of halogens is 1. The number of ether oxygens (including phenoxy) is 1. The fraction of sp³-hybridized carbons (Fsp3) is 0.273. The van der Waals surface area contributed by atoms with Crippen molar-refractivity contribution in [2.45, 2.75) is 13.5 Å². The Bertz CT molecular complexity index is 263. The van der Waals surface area contributed by atoms with Crippen LogP contribution in [0.15, 0.2) is 40.0 Å². The van der Waals surface area contributed by atoms with Crippen LogP contribution in [0.4, 0.5) is 0 Å². The molecule has 2 heteroatoms. The topological polar surface area (TPSA) is 9.23 Å². The van der Waals surface area contributed by atoms with Gasteiger partial charge in [0, 0.05) is 0 Å². The van der Waals surface area contributed by atoms with Crippen LogP contribution in [0.3, 0.4) is 0 Å². The normalized spacial score (nSPS) is 11.7. The molecule has 0 unspecified atom stereocenters. The van der Waals surface area contributed by atoms with Gasteiger partial charge in [0.15, 0.2) is 0 Å². The molecule has 0 aliphatic rings. The summed E-state index contributed by atoms with van der Waals surface area (Å²) >= 11 is 2.28. The van der Waals surface area contributed by atoms with Crippen molar-refractivity contribution in [3.8, 4) is 0 Å².